The van der Waals surface area contributed by atoms with Gasteiger partial charge in [0.15, 0.2) is 0 Å². The lowest BCUT2D eigenvalue weighted by atomic mass is 10.4. The quantitative estimate of drug-likeness (QED) is 0.874. The van der Waals surface area contributed by atoms with Crippen molar-refractivity contribution in [3.63, 3.8) is 0 Å². The zero-order valence-electron chi connectivity index (χ0n) is 10.4. The molecule has 102 valence electrons. The van der Waals surface area contributed by atoms with Crippen LogP contribution in [0.4, 0.5) is 0 Å². The summed E-state index contributed by atoms with van der Waals surface area (Å²) < 4.78 is 31.7. The van der Waals surface area contributed by atoms with Crippen molar-refractivity contribution >= 4 is 21.4 Å². The Kier molecular flexibility index (Phi) is 4.74. The zero-order valence-corrected chi connectivity index (χ0v) is 12.0. The Bertz CT molecular complexity index is 478. The van der Waals surface area contributed by atoms with Gasteiger partial charge in [0.25, 0.3) is 0 Å². The van der Waals surface area contributed by atoms with E-state index in [0.29, 0.717) is 37.7 Å². The number of nitrogens with zero attached hydrogens (tertiary/aromatic N) is 1. The molecule has 1 N–H and O–H groups in total. The standard InChI is InChI=1S/C11H18N2O3S2/c1-2-12-9-10-11(3-8-17-10)18(14,15)13-4-6-16-7-5-13/h3,8,12H,2,4-7,9H2,1H3. The van der Waals surface area contributed by atoms with E-state index in [-0.39, 0.29) is 0 Å². The van der Waals surface area contributed by atoms with Crippen LogP contribution in [0.3, 0.4) is 0 Å². The van der Waals surface area contributed by atoms with E-state index in [1.165, 1.54) is 15.6 Å². The topological polar surface area (TPSA) is 58.6 Å². The number of hydrogen-bond donors (Lipinski definition) is 1. The molecule has 1 aliphatic heterocycles. The predicted octanol–water partition coefficient (Wildman–Crippen LogP) is 0.878. The van der Waals surface area contributed by atoms with Crippen molar-refractivity contribution in [1.29, 1.82) is 0 Å². The lowest BCUT2D eigenvalue weighted by Gasteiger charge is -2.26. The molecule has 0 aromatic carbocycles. The van der Waals surface area contributed by atoms with Gasteiger partial charge in [-0.25, -0.2) is 8.42 Å². The fraction of sp³-hybridized carbons (Fsp3) is 0.636. The summed E-state index contributed by atoms with van der Waals surface area (Å²) in [5, 5.41) is 5.00. The summed E-state index contributed by atoms with van der Waals surface area (Å²) >= 11 is 1.48. The molecule has 0 radical (unpaired) electrons. The molecule has 0 spiro atoms. The Labute approximate surface area is 112 Å². The number of hydrogen-bond acceptors (Lipinski definition) is 5. The van der Waals surface area contributed by atoms with E-state index in [0.717, 1.165) is 11.4 Å². The van der Waals surface area contributed by atoms with Crippen LogP contribution >= 0.6 is 11.3 Å². The average molecular weight is 290 g/mol. The molecule has 0 amide bonds. The summed E-state index contributed by atoms with van der Waals surface area (Å²) in [4.78, 5) is 1.32. The fourth-order valence-corrected chi connectivity index (χ4v) is 4.64. The SMILES string of the molecule is CCNCc1sccc1S(=O)(=O)N1CCOCC1. The number of morpholine rings is 1. The highest BCUT2D eigenvalue weighted by Crippen LogP contribution is 2.25. The minimum atomic E-state index is -3.36. The van der Waals surface area contributed by atoms with Crippen molar-refractivity contribution in [2.45, 2.75) is 18.4 Å². The van der Waals surface area contributed by atoms with E-state index in [1.807, 2.05) is 12.3 Å². The van der Waals surface area contributed by atoms with Gasteiger partial charge >= 0.3 is 0 Å². The third-order valence-electron chi connectivity index (χ3n) is 2.83. The van der Waals surface area contributed by atoms with Gasteiger partial charge in [-0.05, 0) is 18.0 Å². The number of nitrogens with one attached hydrogen (secondary N) is 1. The molecule has 1 aromatic rings. The molecule has 1 aromatic heterocycles. The lowest BCUT2D eigenvalue weighted by molar-refractivity contribution is 0.0730. The Morgan fingerprint density at radius 1 is 1.44 bits per heavy atom. The van der Waals surface area contributed by atoms with Gasteiger partial charge < -0.3 is 10.1 Å². The fourth-order valence-electron chi connectivity index (χ4n) is 1.85. The first-order valence-corrected chi connectivity index (χ1v) is 8.33. The molecule has 0 atom stereocenters. The first-order chi connectivity index (χ1) is 8.66. The maximum atomic E-state index is 12.5. The van der Waals surface area contributed by atoms with E-state index in [9.17, 15) is 8.42 Å². The molecule has 18 heavy (non-hydrogen) atoms. The van der Waals surface area contributed by atoms with Crippen LogP contribution in [0.1, 0.15) is 11.8 Å². The van der Waals surface area contributed by atoms with Crippen LogP contribution in [0.5, 0.6) is 0 Å². The van der Waals surface area contributed by atoms with Crippen molar-refractivity contribution < 1.29 is 13.2 Å². The zero-order chi connectivity index (χ0) is 13.0. The van der Waals surface area contributed by atoms with Gasteiger partial charge in [0, 0.05) is 24.5 Å². The van der Waals surface area contributed by atoms with Crippen molar-refractivity contribution in [3.8, 4) is 0 Å². The van der Waals surface area contributed by atoms with Gasteiger partial charge in [-0.2, -0.15) is 4.31 Å². The van der Waals surface area contributed by atoms with Crippen LogP contribution < -0.4 is 5.32 Å². The van der Waals surface area contributed by atoms with Crippen LogP contribution in [-0.2, 0) is 21.3 Å². The molecule has 7 heteroatoms. The van der Waals surface area contributed by atoms with E-state index in [4.69, 9.17) is 4.74 Å². The summed E-state index contributed by atoms with van der Waals surface area (Å²) in [5.74, 6) is 0. The third kappa shape index (κ3) is 2.92. The Hall–Kier alpha value is -0.470. The molecule has 2 heterocycles. The van der Waals surface area contributed by atoms with Gasteiger partial charge in [-0.3, -0.25) is 0 Å². The third-order valence-corrected chi connectivity index (χ3v) is 5.86. The van der Waals surface area contributed by atoms with Crippen LogP contribution in [-0.4, -0.2) is 45.6 Å². The smallest absolute Gasteiger partial charge is 0.244 e. The first-order valence-electron chi connectivity index (χ1n) is 6.01. The van der Waals surface area contributed by atoms with Gasteiger partial charge in [-0.15, -0.1) is 11.3 Å². The minimum Gasteiger partial charge on any atom is -0.379 e. The van der Waals surface area contributed by atoms with Crippen LogP contribution in [0, 0.1) is 0 Å². The van der Waals surface area contributed by atoms with Crippen molar-refractivity contribution in [2.24, 2.45) is 0 Å². The number of thiophene rings is 1. The second-order valence-corrected chi connectivity index (χ2v) is 6.91. The molecule has 1 fully saturated rings. The van der Waals surface area contributed by atoms with Gasteiger partial charge in [0.2, 0.25) is 10.0 Å². The van der Waals surface area contributed by atoms with Gasteiger partial charge in [0.1, 0.15) is 0 Å². The highest BCUT2D eigenvalue weighted by Gasteiger charge is 2.28. The maximum absolute atomic E-state index is 12.5. The summed E-state index contributed by atoms with van der Waals surface area (Å²) in [7, 11) is -3.36. The largest absolute Gasteiger partial charge is 0.379 e. The molecule has 1 saturated heterocycles. The van der Waals surface area contributed by atoms with E-state index < -0.39 is 10.0 Å². The first kappa shape index (κ1) is 14.0. The summed E-state index contributed by atoms with van der Waals surface area (Å²) in [6.07, 6.45) is 0. The number of sulfonamides is 1. The van der Waals surface area contributed by atoms with Crippen molar-refractivity contribution in [1.82, 2.24) is 9.62 Å². The number of rotatable bonds is 5. The summed E-state index contributed by atoms with van der Waals surface area (Å²) in [5.41, 5.74) is 0. The second kappa shape index (κ2) is 6.12. The monoisotopic (exact) mass is 290 g/mol. The maximum Gasteiger partial charge on any atom is 0.244 e. The van der Waals surface area contributed by atoms with Crippen molar-refractivity contribution in [2.75, 3.05) is 32.8 Å². The molecular weight excluding hydrogens is 272 g/mol. The molecule has 0 bridgehead atoms. The molecule has 0 aliphatic carbocycles. The highest BCUT2D eigenvalue weighted by molar-refractivity contribution is 7.89. The second-order valence-electron chi connectivity index (χ2n) is 4.00. The Morgan fingerprint density at radius 2 is 2.17 bits per heavy atom. The highest BCUT2D eigenvalue weighted by atomic mass is 32.2. The molecule has 2 rings (SSSR count). The van der Waals surface area contributed by atoms with Crippen LogP contribution in [0.15, 0.2) is 16.3 Å². The minimum absolute atomic E-state index is 0.440. The van der Waals surface area contributed by atoms with Gasteiger partial charge in [-0.1, -0.05) is 6.92 Å². The predicted molar refractivity (Wildman–Crippen MR) is 71.3 cm³/mol. The van der Waals surface area contributed by atoms with E-state index in [2.05, 4.69) is 5.32 Å². The van der Waals surface area contributed by atoms with E-state index >= 15 is 0 Å². The van der Waals surface area contributed by atoms with Gasteiger partial charge in [0.05, 0.1) is 18.1 Å². The van der Waals surface area contributed by atoms with E-state index in [1.54, 1.807) is 6.07 Å². The lowest BCUT2D eigenvalue weighted by Crippen LogP contribution is -2.40. The summed E-state index contributed by atoms with van der Waals surface area (Å²) in [6, 6.07) is 1.70. The molecule has 1 aliphatic rings. The average Bonchev–Trinajstić information content (AvgIpc) is 2.86. The molecule has 0 unspecified atom stereocenters. The van der Waals surface area contributed by atoms with Crippen LogP contribution in [0.2, 0.25) is 0 Å². The molecular formula is C11H18N2O3S2. The number of ether oxygens (including phenoxy) is 1. The van der Waals surface area contributed by atoms with Crippen molar-refractivity contribution in [3.05, 3.63) is 16.3 Å². The summed E-state index contributed by atoms with van der Waals surface area (Å²) in [6.45, 7) is 5.28. The Balaban J connectivity index is 2.20. The Morgan fingerprint density at radius 3 is 2.83 bits per heavy atom. The molecule has 0 saturated carbocycles. The normalized spacial score (nSPS) is 18.1. The van der Waals surface area contributed by atoms with Crippen LogP contribution in [0.25, 0.3) is 0 Å². The molecule has 5 nitrogen and oxygen atoms in total.